The van der Waals surface area contributed by atoms with Crippen LogP contribution in [0.5, 0.6) is 0 Å². The van der Waals surface area contributed by atoms with Gasteiger partial charge in [-0.3, -0.25) is 14.5 Å². The number of rotatable bonds is 7. The summed E-state index contributed by atoms with van der Waals surface area (Å²) in [5.74, 6) is -0.241. The molecule has 0 spiro atoms. The van der Waals surface area contributed by atoms with E-state index in [4.69, 9.17) is 11.6 Å². The normalized spacial score (nSPS) is 19.8. The molecule has 2 heterocycles. The van der Waals surface area contributed by atoms with Crippen LogP contribution in [-0.2, 0) is 4.79 Å². The van der Waals surface area contributed by atoms with Crippen LogP contribution in [0, 0.1) is 0 Å². The molecule has 6 heteroatoms. The molecule has 1 atom stereocenters. The molecule has 1 amide bonds. The second-order valence-electron chi connectivity index (χ2n) is 8.21. The average molecular weight is 426 g/mol. The van der Waals surface area contributed by atoms with E-state index in [1.165, 1.54) is 25.9 Å². The lowest BCUT2D eigenvalue weighted by molar-refractivity contribution is -0.117. The van der Waals surface area contributed by atoms with Gasteiger partial charge >= 0.3 is 0 Å². The lowest BCUT2D eigenvalue weighted by atomic mass is 10.0. The first-order chi connectivity index (χ1) is 14.6. The van der Waals surface area contributed by atoms with Crippen LogP contribution in [-0.4, -0.2) is 60.3 Å². The van der Waals surface area contributed by atoms with Crippen molar-refractivity contribution in [2.45, 2.75) is 31.7 Å². The Balaban J connectivity index is 1.43. The number of benzene rings is 2. The van der Waals surface area contributed by atoms with E-state index in [-0.39, 0.29) is 11.7 Å². The van der Waals surface area contributed by atoms with E-state index in [2.05, 4.69) is 15.1 Å². The zero-order valence-electron chi connectivity index (χ0n) is 17.1. The molecule has 0 bridgehead atoms. The van der Waals surface area contributed by atoms with Crippen molar-refractivity contribution in [2.24, 2.45) is 0 Å². The van der Waals surface area contributed by atoms with Crippen LogP contribution >= 0.6 is 11.6 Å². The van der Waals surface area contributed by atoms with Gasteiger partial charge in [-0.05, 0) is 63.5 Å². The van der Waals surface area contributed by atoms with E-state index in [0.717, 1.165) is 25.9 Å². The van der Waals surface area contributed by atoms with Gasteiger partial charge in [0.1, 0.15) is 0 Å². The number of hydrogen-bond donors (Lipinski definition) is 1. The first kappa shape index (κ1) is 21.0. The van der Waals surface area contributed by atoms with Gasteiger partial charge in [0.2, 0.25) is 5.91 Å². The maximum absolute atomic E-state index is 13.0. The summed E-state index contributed by atoms with van der Waals surface area (Å²) in [5.41, 5.74) is 1.49. The maximum Gasteiger partial charge on any atom is 0.238 e. The summed E-state index contributed by atoms with van der Waals surface area (Å²) in [4.78, 5) is 30.6. The van der Waals surface area contributed by atoms with E-state index in [1.807, 2.05) is 18.2 Å². The molecule has 158 valence electrons. The van der Waals surface area contributed by atoms with Crippen molar-refractivity contribution in [1.82, 2.24) is 9.80 Å². The standard InChI is InChI=1S/C24H28ClN3O2/c25-19-10-11-22(21(15-19)24(30)18-7-2-1-3-8-18)26-23(29)17-28-14-6-9-20(28)16-27-12-4-5-13-27/h1-3,7-8,10-11,15,20H,4-6,9,12-14,16-17H2,(H,26,29). The third-order valence-corrected chi connectivity index (χ3v) is 6.28. The monoisotopic (exact) mass is 425 g/mol. The minimum absolute atomic E-state index is 0.0900. The molecule has 30 heavy (non-hydrogen) atoms. The molecule has 0 aromatic heterocycles. The van der Waals surface area contributed by atoms with Crippen LogP contribution in [0.4, 0.5) is 5.69 Å². The van der Waals surface area contributed by atoms with Gasteiger partial charge in [-0.25, -0.2) is 0 Å². The van der Waals surface area contributed by atoms with E-state index in [9.17, 15) is 9.59 Å². The number of amides is 1. The van der Waals surface area contributed by atoms with Crippen LogP contribution in [0.25, 0.3) is 0 Å². The quantitative estimate of drug-likeness (QED) is 0.679. The highest BCUT2D eigenvalue weighted by Gasteiger charge is 2.29. The fourth-order valence-electron chi connectivity index (χ4n) is 4.51. The molecule has 2 saturated heterocycles. The highest BCUT2D eigenvalue weighted by atomic mass is 35.5. The third kappa shape index (κ3) is 5.09. The van der Waals surface area contributed by atoms with E-state index < -0.39 is 0 Å². The molecule has 2 aliphatic heterocycles. The molecule has 2 fully saturated rings. The van der Waals surface area contributed by atoms with Gasteiger partial charge in [0, 0.05) is 28.7 Å². The minimum Gasteiger partial charge on any atom is -0.324 e. The zero-order chi connectivity index (χ0) is 20.9. The van der Waals surface area contributed by atoms with Crippen LogP contribution in [0.1, 0.15) is 41.6 Å². The van der Waals surface area contributed by atoms with Gasteiger partial charge in [-0.15, -0.1) is 0 Å². The molecule has 5 nitrogen and oxygen atoms in total. The molecular formula is C24H28ClN3O2. The number of likely N-dealkylation sites (tertiary alicyclic amines) is 2. The second kappa shape index (κ2) is 9.73. The largest absolute Gasteiger partial charge is 0.324 e. The molecule has 2 aromatic rings. The summed E-state index contributed by atoms with van der Waals surface area (Å²) in [6, 6.07) is 14.5. The lowest BCUT2D eigenvalue weighted by Gasteiger charge is -2.28. The van der Waals surface area contributed by atoms with E-state index in [1.54, 1.807) is 30.3 Å². The van der Waals surface area contributed by atoms with Crippen LogP contribution in [0.15, 0.2) is 48.5 Å². The Labute approximate surface area is 183 Å². The SMILES string of the molecule is O=C(CN1CCCC1CN1CCCC1)Nc1ccc(Cl)cc1C(=O)c1ccccc1. The molecule has 2 aromatic carbocycles. The number of carbonyl (C=O) groups excluding carboxylic acids is 2. The highest BCUT2D eigenvalue weighted by molar-refractivity contribution is 6.31. The summed E-state index contributed by atoms with van der Waals surface area (Å²) in [7, 11) is 0. The predicted octanol–water partition coefficient (Wildman–Crippen LogP) is 4.07. The summed E-state index contributed by atoms with van der Waals surface area (Å²) >= 11 is 6.14. The van der Waals surface area contributed by atoms with Crippen LogP contribution in [0.2, 0.25) is 5.02 Å². The van der Waals surface area contributed by atoms with Crippen molar-refractivity contribution in [3.8, 4) is 0 Å². The molecule has 4 rings (SSSR count). The topological polar surface area (TPSA) is 52.7 Å². The second-order valence-corrected chi connectivity index (χ2v) is 8.64. The molecule has 2 aliphatic rings. The van der Waals surface area contributed by atoms with Gasteiger partial charge in [0.15, 0.2) is 5.78 Å². The number of ketones is 1. The summed E-state index contributed by atoms with van der Waals surface area (Å²) in [5, 5.41) is 3.43. The molecule has 1 unspecified atom stereocenters. The Morgan fingerprint density at radius 2 is 1.77 bits per heavy atom. The molecule has 0 aliphatic carbocycles. The Bertz CT molecular complexity index is 897. The Kier molecular flexibility index (Phi) is 6.82. The molecule has 0 radical (unpaired) electrons. The van der Waals surface area contributed by atoms with E-state index in [0.29, 0.717) is 34.4 Å². The molecular weight excluding hydrogens is 398 g/mol. The van der Waals surface area contributed by atoms with Gasteiger partial charge < -0.3 is 10.2 Å². The Hall–Kier alpha value is -2.21. The van der Waals surface area contributed by atoms with E-state index >= 15 is 0 Å². The number of nitrogens with zero attached hydrogens (tertiary/aromatic N) is 2. The van der Waals surface area contributed by atoms with Crippen molar-refractivity contribution in [1.29, 1.82) is 0 Å². The van der Waals surface area contributed by atoms with Gasteiger partial charge in [0.25, 0.3) is 0 Å². The van der Waals surface area contributed by atoms with Crippen molar-refractivity contribution in [3.05, 3.63) is 64.7 Å². The number of anilines is 1. The maximum atomic E-state index is 13.0. The van der Waals surface area contributed by atoms with Crippen LogP contribution < -0.4 is 5.32 Å². The highest BCUT2D eigenvalue weighted by Crippen LogP contribution is 2.25. The fraction of sp³-hybridized carbons (Fsp3) is 0.417. The number of hydrogen-bond acceptors (Lipinski definition) is 4. The fourth-order valence-corrected chi connectivity index (χ4v) is 4.68. The van der Waals surface area contributed by atoms with Crippen molar-refractivity contribution < 1.29 is 9.59 Å². The number of carbonyl (C=O) groups is 2. The Morgan fingerprint density at radius 1 is 1.00 bits per heavy atom. The summed E-state index contributed by atoms with van der Waals surface area (Å²) in [6.45, 7) is 4.69. The van der Waals surface area contributed by atoms with Crippen molar-refractivity contribution >= 4 is 29.0 Å². The first-order valence-corrected chi connectivity index (χ1v) is 11.1. The smallest absolute Gasteiger partial charge is 0.238 e. The minimum atomic E-state index is -0.151. The lowest BCUT2D eigenvalue weighted by Crippen LogP contribution is -2.42. The number of halogens is 1. The summed E-state index contributed by atoms with van der Waals surface area (Å²) < 4.78 is 0. The third-order valence-electron chi connectivity index (χ3n) is 6.05. The predicted molar refractivity (Wildman–Crippen MR) is 120 cm³/mol. The Morgan fingerprint density at radius 3 is 2.53 bits per heavy atom. The molecule has 1 N–H and O–H groups in total. The number of nitrogens with one attached hydrogen (secondary N) is 1. The van der Waals surface area contributed by atoms with Gasteiger partial charge in [-0.2, -0.15) is 0 Å². The first-order valence-electron chi connectivity index (χ1n) is 10.8. The zero-order valence-corrected chi connectivity index (χ0v) is 17.9. The van der Waals surface area contributed by atoms with Crippen molar-refractivity contribution in [3.63, 3.8) is 0 Å². The van der Waals surface area contributed by atoms with Crippen LogP contribution in [0.3, 0.4) is 0 Å². The average Bonchev–Trinajstić information content (AvgIpc) is 3.42. The van der Waals surface area contributed by atoms with Gasteiger partial charge in [0.05, 0.1) is 12.2 Å². The molecule has 0 saturated carbocycles. The van der Waals surface area contributed by atoms with Crippen molar-refractivity contribution in [2.75, 3.05) is 38.0 Å². The summed E-state index contributed by atoms with van der Waals surface area (Å²) in [6.07, 6.45) is 4.83. The van der Waals surface area contributed by atoms with Gasteiger partial charge in [-0.1, -0.05) is 41.9 Å².